The lowest BCUT2D eigenvalue weighted by molar-refractivity contribution is -0.459. The van der Waals surface area contributed by atoms with E-state index in [0.717, 1.165) is 38.5 Å². The van der Waals surface area contributed by atoms with Crippen LogP contribution in [-0.2, 0) is 33.3 Å². The Kier molecular flexibility index (Phi) is 32.7. The van der Waals surface area contributed by atoms with E-state index in [1.807, 2.05) is 0 Å². The summed E-state index contributed by atoms with van der Waals surface area (Å²) in [5, 5.41) is 2.56. The second kappa shape index (κ2) is 33.1. The Morgan fingerprint density at radius 1 is 0.647 bits per heavy atom. The highest BCUT2D eigenvalue weighted by Crippen LogP contribution is 2.14. The van der Waals surface area contributed by atoms with Crippen LogP contribution in [0, 0.1) is 0 Å². The van der Waals surface area contributed by atoms with Crippen molar-refractivity contribution < 1.29 is 55.5 Å². The molecule has 13 heteroatoms. The number of hydrogen-bond donors (Lipinski definition) is 4. The second-order valence-corrected chi connectivity index (χ2v) is 14.3. The molecule has 0 aliphatic carbocycles. The van der Waals surface area contributed by atoms with Crippen molar-refractivity contribution in [3.63, 3.8) is 0 Å². The molecule has 51 heavy (non-hydrogen) atoms. The monoisotopic (exact) mass is 749 g/mol. The first-order valence-corrected chi connectivity index (χ1v) is 19.5. The number of nitrogens with one attached hydrogen (secondary N) is 2. The molecule has 0 radical (unpaired) electrons. The third-order valence-electron chi connectivity index (χ3n) is 8.08. The van der Waals surface area contributed by atoms with E-state index in [1.54, 1.807) is 20.8 Å². The van der Waals surface area contributed by atoms with E-state index in [0.29, 0.717) is 19.4 Å². The van der Waals surface area contributed by atoms with Crippen molar-refractivity contribution in [3.8, 4) is 0 Å². The number of rotatable bonds is 31. The molecule has 2 atom stereocenters. The summed E-state index contributed by atoms with van der Waals surface area (Å²) in [6.07, 6.45) is 19.7. The molecule has 1 amide bonds. The number of unbranched alkanes of at least 4 members (excludes halogenated alkanes) is 16. The third-order valence-corrected chi connectivity index (χ3v) is 8.08. The molecule has 0 saturated carbocycles. The minimum Gasteiger partial charge on any atom is -1.00 e. The average Bonchev–Trinajstić information content (AvgIpc) is 3.04. The minimum atomic E-state index is -1.04. The fourth-order valence-electron chi connectivity index (χ4n) is 5.29. The lowest BCUT2D eigenvalue weighted by Crippen LogP contribution is -3.00. The first kappa shape index (κ1) is 50.3. The molecule has 0 aliphatic heterocycles. The standard InChI is InChI=1S/C38H72N4O8.ClH/c1-6-8-10-12-14-16-18-20-22-26-33(43)47-29-31(49-34(44)27-23-21-19-17-15-13-11-9-7-2)30-48-35(45)32(25-24-28-41-36(39)40)42-37(46)50-38(3,4)5;/h31-32H,6-30H2,1-5H3,(H,42,46)(H4,39,40,41);1H/t31?,32-;/m0./s1. The molecular weight excluding hydrogens is 676 g/mol. The number of guanidine groups is 1. The summed E-state index contributed by atoms with van der Waals surface area (Å²) in [5.41, 5.74) is 10.1. The lowest BCUT2D eigenvalue weighted by atomic mass is 10.1. The Balaban J connectivity index is 0. The number of halogens is 1. The average molecular weight is 749 g/mol. The van der Waals surface area contributed by atoms with E-state index >= 15 is 0 Å². The summed E-state index contributed by atoms with van der Waals surface area (Å²) >= 11 is 0. The molecule has 0 saturated heterocycles. The van der Waals surface area contributed by atoms with Crippen molar-refractivity contribution in [2.45, 2.75) is 194 Å². The minimum absolute atomic E-state index is 0. The van der Waals surface area contributed by atoms with Gasteiger partial charge in [-0.1, -0.05) is 117 Å². The third kappa shape index (κ3) is 34.1. The molecule has 0 spiro atoms. The molecule has 0 fully saturated rings. The highest BCUT2D eigenvalue weighted by molar-refractivity contribution is 5.81. The number of amides is 1. The van der Waals surface area contributed by atoms with Crippen molar-refractivity contribution in [2.24, 2.45) is 11.5 Å². The van der Waals surface area contributed by atoms with Crippen molar-refractivity contribution in [1.82, 2.24) is 5.32 Å². The van der Waals surface area contributed by atoms with E-state index in [-0.39, 0.29) is 56.8 Å². The van der Waals surface area contributed by atoms with E-state index in [9.17, 15) is 19.2 Å². The normalized spacial score (nSPS) is 12.2. The Morgan fingerprint density at radius 2 is 1.10 bits per heavy atom. The van der Waals surface area contributed by atoms with Crippen molar-refractivity contribution >= 4 is 30.0 Å². The molecule has 1 unspecified atom stereocenters. The number of esters is 3. The predicted octanol–water partition coefficient (Wildman–Crippen LogP) is 2.86. The zero-order chi connectivity index (χ0) is 37.5. The Hall–Kier alpha value is -2.76. The first-order valence-electron chi connectivity index (χ1n) is 19.5. The summed E-state index contributed by atoms with van der Waals surface area (Å²) < 4.78 is 21.9. The molecule has 0 aromatic rings. The van der Waals surface area contributed by atoms with Crippen LogP contribution in [0.3, 0.4) is 0 Å². The van der Waals surface area contributed by atoms with E-state index in [1.165, 1.54) is 70.6 Å². The van der Waals surface area contributed by atoms with Gasteiger partial charge >= 0.3 is 30.0 Å². The van der Waals surface area contributed by atoms with Crippen molar-refractivity contribution in [3.05, 3.63) is 0 Å². The first-order chi connectivity index (χ1) is 23.9. The Labute approximate surface area is 315 Å². The quantitative estimate of drug-likeness (QED) is 0.0271. The van der Waals surface area contributed by atoms with Crippen molar-refractivity contribution in [1.29, 1.82) is 0 Å². The van der Waals surface area contributed by atoms with Crippen LogP contribution in [-0.4, -0.2) is 67.5 Å². The van der Waals surface area contributed by atoms with Gasteiger partial charge in [0, 0.05) is 12.8 Å². The van der Waals surface area contributed by atoms with Crippen molar-refractivity contribution in [2.75, 3.05) is 19.8 Å². The smallest absolute Gasteiger partial charge is 0.408 e. The Bertz CT molecular complexity index is 941. The molecule has 0 aromatic carbocycles. The summed E-state index contributed by atoms with van der Waals surface area (Å²) in [5.74, 6) is -1.51. The van der Waals surface area contributed by atoms with Gasteiger partial charge in [0.05, 0.1) is 6.54 Å². The van der Waals surface area contributed by atoms with Gasteiger partial charge in [-0.15, -0.1) is 0 Å². The number of hydrogen-bond acceptors (Lipinski definition) is 8. The fourth-order valence-corrected chi connectivity index (χ4v) is 5.29. The van der Waals surface area contributed by atoms with Crippen LogP contribution >= 0.6 is 0 Å². The molecular formula is C38H73ClN4O8. The number of carbonyl (C=O) groups is 4. The molecule has 0 bridgehead atoms. The molecule has 300 valence electrons. The van der Waals surface area contributed by atoms with Gasteiger partial charge in [0.15, 0.2) is 6.10 Å². The maximum Gasteiger partial charge on any atom is 0.408 e. The Morgan fingerprint density at radius 3 is 1.57 bits per heavy atom. The van der Waals surface area contributed by atoms with Gasteiger partial charge in [0.2, 0.25) is 0 Å². The molecule has 6 N–H and O–H groups in total. The number of ether oxygens (including phenoxy) is 4. The predicted molar refractivity (Wildman–Crippen MR) is 197 cm³/mol. The van der Waals surface area contributed by atoms with Gasteiger partial charge in [0.1, 0.15) is 24.9 Å². The number of nitrogens with two attached hydrogens (primary N) is 2. The molecule has 0 aliphatic rings. The van der Waals surface area contributed by atoms with Gasteiger partial charge in [-0.05, 0) is 46.5 Å². The molecule has 12 nitrogen and oxygen atoms in total. The highest BCUT2D eigenvalue weighted by Gasteiger charge is 2.27. The van der Waals surface area contributed by atoms with Crippen LogP contribution in [0.2, 0.25) is 0 Å². The molecule has 0 aromatic heterocycles. The lowest BCUT2D eigenvalue weighted by Gasteiger charge is -2.24. The maximum atomic E-state index is 13.1. The van der Waals surface area contributed by atoms with Crippen LogP contribution in [0.5, 0.6) is 0 Å². The van der Waals surface area contributed by atoms with Crippen LogP contribution < -0.4 is 34.2 Å². The number of carbonyl (C=O) groups excluding carboxylic acids is 4. The SMILES string of the molecule is CCCCCCCCCCCC(=O)OCC(COC(=O)[C@H](CCC[NH+]=C(N)N)NC(=O)OC(C)(C)C)OC(=O)CCCCCCCCCCC.[Cl-]. The van der Waals surface area contributed by atoms with Gasteiger partial charge in [0.25, 0.3) is 0 Å². The summed E-state index contributed by atoms with van der Waals surface area (Å²) in [4.78, 5) is 53.6. The van der Waals surface area contributed by atoms with E-state index in [2.05, 4.69) is 24.2 Å². The summed E-state index contributed by atoms with van der Waals surface area (Å²) in [6.45, 7) is 9.37. The van der Waals surface area contributed by atoms with Gasteiger partial charge < -0.3 is 36.7 Å². The van der Waals surface area contributed by atoms with E-state index in [4.69, 9.17) is 30.4 Å². The van der Waals surface area contributed by atoms with Crippen LogP contribution in [0.4, 0.5) is 4.79 Å². The van der Waals surface area contributed by atoms with Gasteiger partial charge in [-0.2, -0.15) is 0 Å². The molecule has 0 rings (SSSR count). The summed E-state index contributed by atoms with van der Waals surface area (Å²) in [7, 11) is 0. The highest BCUT2D eigenvalue weighted by atomic mass is 35.5. The zero-order valence-corrected chi connectivity index (χ0v) is 33.4. The van der Waals surface area contributed by atoms with Gasteiger partial charge in [-0.3, -0.25) is 26.0 Å². The van der Waals surface area contributed by atoms with Crippen LogP contribution in [0.1, 0.15) is 176 Å². The second-order valence-electron chi connectivity index (χ2n) is 14.3. The van der Waals surface area contributed by atoms with Crippen LogP contribution in [0.25, 0.3) is 0 Å². The fraction of sp³-hybridized carbons (Fsp3) is 0.868. The summed E-state index contributed by atoms with van der Waals surface area (Å²) in [6, 6.07) is -1.04. The number of alkyl carbamates (subject to hydrolysis) is 1. The van der Waals surface area contributed by atoms with Gasteiger partial charge in [-0.25, -0.2) is 9.59 Å². The van der Waals surface area contributed by atoms with E-state index < -0.39 is 35.8 Å². The largest absolute Gasteiger partial charge is 1.00 e. The molecule has 0 heterocycles. The maximum absolute atomic E-state index is 13.1. The topological polar surface area (TPSA) is 183 Å². The zero-order valence-electron chi connectivity index (χ0n) is 32.6. The van der Waals surface area contributed by atoms with Crippen LogP contribution in [0.15, 0.2) is 0 Å².